The molecule has 1 saturated carbocycles. The van der Waals surface area contributed by atoms with Crippen LogP contribution in [0.1, 0.15) is 66.2 Å². The van der Waals surface area contributed by atoms with E-state index in [2.05, 4.69) is 25.6 Å². The van der Waals surface area contributed by atoms with Gasteiger partial charge in [0, 0.05) is 30.6 Å². The van der Waals surface area contributed by atoms with Crippen LogP contribution in [0.3, 0.4) is 0 Å². The van der Waals surface area contributed by atoms with E-state index in [0.29, 0.717) is 35.6 Å². The first kappa shape index (κ1) is 33.3. The molecule has 3 aliphatic rings. The zero-order valence-corrected chi connectivity index (χ0v) is 28.0. The summed E-state index contributed by atoms with van der Waals surface area (Å²) in [5.41, 5.74) is 3.25. The Balaban J connectivity index is 0.886. The van der Waals surface area contributed by atoms with Crippen molar-refractivity contribution in [1.29, 1.82) is 0 Å². The van der Waals surface area contributed by atoms with Crippen molar-refractivity contribution in [3.8, 4) is 16.9 Å². The first-order valence-corrected chi connectivity index (χ1v) is 16.9. The molecule has 260 valence electrons. The van der Waals surface area contributed by atoms with Gasteiger partial charge in [0.15, 0.2) is 11.5 Å². The number of halogens is 1. The van der Waals surface area contributed by atoms with Crippen molar-refractivity contribution in [2.24, 2.45) is 18.4 Å². The summed E-state index contributed by atoms with van der Waals surface area (Å²) in [6.07, 6.45) is 6.09. The molecule has 2 saturated heterocycles. The lowest BCUT2D eigenvalue weighted by Gasteiger charge is -2.52. The molecule has 12 nitrogen and oxygen atoms in total. The summed E-state index contributed by atoms with van der Waals surface area (Å²) in [4.78, 5) is 54.8. The summed E-state index contributed by atoms with van der Waals surface area (Å²) in [7, 11) is 1.59. The molecule has 2 aliphatic heterocycles. The smallest absolute Gasteiger partial charge is 0.355 e. The fourth-order valence-corrected chi connectivity index (χ4v) is 7.97. The first-order valence-electron chi connectivity index (χ1n) is 16.9. The van der Waals surface area contributed by atoms with E-state index in [1.807, 2.05) is 25.1 Å². The third-order valence-corrected chi connectivity index (χ3v) is 10.5. The van der Waals surface area contributed by atoms with E-state index >= 15 is 4.39 Å². The molecule has 3 N–H and O–H groups in total. The molecule has 2 aromatic carbocycles. The van der Waals surface area contributed by atoms with Gasteiger partial charge in [0.05, 0.1) is 30.5 Å². The number of carboxylic acid groups (broad SMARTS) is 1. The number of benzene rings is 2. The van der Waals surface area contributed by atoms with Crippen LogP contribution in [-0.2, 0) is 21.4 Å². The average molecular weight is 683 g/mol. The number of pyridine rings is 1. The summed E-state index contributed by atoms with van der Waals surface area (Å²) < 4.78 is 23.2. The Morgan fingerprint density at radius 1 is 1.12 bits per heavy atom. The maximum atomic E-state index is 15.6. The lowest BCUT2D eigenvalue weighted by molar-refractivity contribution is -0.134. The summed E-state index contributed by atoms with van der Waals surface area (Å²) in [6.45, 7) is 4.28. The van der Waals surface area contributed by atoms with Crippen molar-refractivity contribution in [2.75, 3.05) is 31.6 Å². The van der Waals surface area contributed by atoms with Crippen LogP contribution < -0.4 is 15.4 Å². The topological polar surface area (TPSA) is 156 Å². The second-order valence-electron chi connectivity index (χ2n) is 13.9. The Bertz CT molecular complexity index is 2010. The molecule has 4 heterocycles. The number of imide groups is 1. The van der Waals surface area contributed by atoms with Crippen LogP contribution in [0.15, 0.2) is 48.7 Å². The van der Waals surface area contributed by atoms with E-state index in [9.17, 15) is 24.3 Å². The number of ether oxygens (including phenoxy) is 1. The molecule has 3 amide bonds. The van der Waals surface area contributed by atoms with Gasteiger partial charge >= 0.3 is 5.97 Å². The molecule has 0 bridgehead atoms. The SMILES string of the molecule is Cc1cc(OCC2CC3(CCN(CC(=O)Nc4ccc5c(C6CCC(=O)NC6=O)nn(C)c5c4F)CC3)C2)ccc1-c1cccnc1C(=O)O. The van der Waals surface area contributed by atoms with E-state index in [0.717, 1.165) is 55.6 Å². The van der Waals surface area contributed by atoms with Gasteiger partial charge in [0.25, 0.3) is 0 Å². The van der Waals surface area contributed by atoms with E-state index in [-0.39, 0.29) is 47.1 Å². The van der Waals surface area contributed by atoms with Crippen molar-refractivity contribution in [2.45, 2.75) is 51.4 Å². The number of nitrogens with one attached hydrogen (secondary N) is 2. The lowest BCUT2D eigenvalue weighted by Crippen LogP contribution is -2.49. The van der Waals surface area contributed by atoms with Gasteiger partial charge in [-0.25, -0.2) is 14.2 Å². The molecular weight excluding hydrogens is 643 g/mol. The summed E-state index contributed by atoms with van der Waals surface area (Å²) in [6, 6.07) is 12.3. The highest BCUT2D eigenvalue weighted by Crippen LogP contribution is 2.52. The number of aromatic nitrogens is 3. The number of fused-ring (bicyclic) bond motifs is 1. The third kappa shape index (κ3) is 6.45. The molecule has 3 fully saturated rings. The normalized spacial score (nSPS) is 19.3. The Kier molecular flexibility index (Phi) is 8.85. The number of likely N-dealkylation sites (tertiary alicyclic amines) is 1. The van der Waals surface area contributed by atoms with Crippen LogP contribution in [0.4, 0.5) is 10.1 Å². The highest BCUT2D eigenvalue weighted by Gasteiger charge is 2.46. The maximum Gasteiger partial charge on any atom is 0.355 e. The largest absolute Gasteiger partial charge is 0.493 e. The second kappa shape index (κ2) is 13.3. The number of carbonyl (C=O) groups is 4. The minimum atomic E-state index is -1.06. The van der Waals surface area contributed by atoms with Crippen molar-refractivity contribution >= 4 is 40.3 Å². The molecule has 4 aromatic rings. The number of anilines is 1. The Morgan fingerprint density at radius 3 is 2.62 bits per heavy atom. The molecule has 1 unspecified atom stereocenters. The summed E-state index contributed by atoms with van der Waals surface area (Å²) in [5, 5.41) is 19.5. The molecule has 1 spiro atoms. The highest BCUT2D eigenvalue weighted by atomic mass is 19.1. The number of rotatable bonds is 9. The van der Waals surface area contributed by atoms with E-state index in [1.165, 1.54) is 16.9 Å². The highest BCUT2D eigenvalue weighted by molar-refractivity contribution is 6.03. The number of piperidine rings is 2. The van der Waals surface area contributed by atoms with Gasteiger partial charge in [0.1, 0.15) is 11.3 Å². The quantitative estimate of drug-likeness (QED) is 0.211. The summed E-state index contributed by atoms with van der Waals surface area (Å²) in [5.74, 6) is -2.18. The molecule has 1 atom stereocenters. The summed E-state index contributed by atoms with van der Waals surface area (Å²) >= 11 is 0. The third-order valence-electron chi connectivity index (χ3n) is 10.5. The van der Waals surface area contributed by atoms with E-state index in [4.69, 9.17) is 4.74 Å². The number of aromatic carboxylic acids is 1. The van der Waals surface area contributed by atoms with Gasteiger partial charge in [-0.15, -0.1) is 0 Å². The molecule has 0 radical (unpaired) electrons. The van der Waals surface area contributed by atoms with Gasteiger partial charge in [-0.05, 0) is 105 Å². The van der Waals surface area contributed by atoms with Crippen LogP contribution in [0.25, 0.3) is 22.0 Å². The molecule has 50 heavy (non-hydrogen) atoms. The monoisotopic (exact) mass is 682 g/mol. The zero-order chi connectivity index (χ0) is 35.2. The number of hydrogen-bond donors (Lipinski definition) is 3. The van der Waals surface area contributed by atoms with Crippen LogP contribution in [0.5, 0.6) is 5.75 Å². The average Bonchev–Trinajstić information content (AvgIpc) is 3.41. The minimum absolute atomic E-state index is 0.0238. The standard InChI is InChI=1S/C37H39FN6O6/c1-21-16-23(5-6-24(21)25-4-3-13-39-33(25)36(48)49)50-20-22-17-37(18-22)11-14-44(15-12-37)19-30(46)40-28-9-7-26-32(42-43(2)34(26)31(28)38)27-8-10-29(45)41-35(27)47/h3-7,9,13,16,22,27H,8,10-12,14-15,17-20H2,1-2H3,(H,40,46)(H,48,49)(H,41,45,47). The molecule has 7 rings (SSSR count). The molecular formula is C37H39FN6O6. The number of aryl methyl sites for hydroxylation is 2. The van der Waals surface area contributed by atoms with Crippen LogP contribution in [-0.4, -0.2) is 74.7 Å². The number of nitrogens with zero attached hydrogens (tertiary/aromatic N) is 4. The minimum Gasteiger partial charge on any atom is -0.493 e. The maximum absolute atomic E-state index is 15.6. The molecule has 2 aromatic heterocycles. The van der Waals surface area contributed by atoms with Gasteiger partial charge < -0.3 is 15.2 Å². The molecule has 13 heteroatoms. The number of hydrogen-bond acceptors (Lipinski definition) is 8. The fourth-order valence-electron chi connectivity index (χ4n) is 7.97. The number of carboxylic acids is 1. The van der Waals surface area contributed by atoms with Crippen LogP contribution in [0, 0.1) is 24.1 Å². The van der Waals surface area contributed by atoms with Gasteiger partial charge in [-0.2, -0.15) is 5.10 Å². The number of amides is 3. The van der Waals surface area contributed by atoms with Crippen LogP contribution in [0.2, 0.25) is 0 Å². The van der Waals surface area contributed by atoms with Crippen molar-refractivity contribution in [3.63, 3.8) is 0 Å². The van der Waals surface area contributed by atoms with Gasteiger partial charge in [-0.3, -0.25) is 29.3 Å². The van der Waals surface area contributed by atoms with E-state index in [1.54, 1.807) is 25.2 Å². The van der Waals surface area contributed by atoms with Gasteiger partial charge in [0.2, 0.25) is 17.7 Å². The predicted octanol–water partition coefficient (Wildman–Crippen LogP) is 4.81. The van der Waals surface area contributed by atoms with Crippen molar-refractivity contribution in [1.82, 2.24) is 25.0 Å². The van der Waals surface area contributed by atoms with Crippen molar-refractivity contribution in [3.05, 3.63) is 71.4 Å². The number of carbonyl (C=O) groups excluding carboxylic acids is 3. The fraction of sp³-hybridized carbons (Fsp3) is 0.405. The molecule has 1 aliphatic carbocycles. The van der Waals surface area contributed by atoms with E-state index < -0.39 is 23.6 Å². The Labute approximate surface area is 288 Å². The van der Waals surface area contributed by atoms with Crippen LogP contribution >= 0.6 is 0 Å². The second-order valence-corrected chi connectivity index (χ2v) is 13.9. The Morgan fingerprint density at radius 2 is 1.90 bits per heavy atom. The lowest BCUT2D eigenvalue weighted by atomic mass is 9.58. The van der Waals surface area contributed by atoms with Crippen molar-refractivity contribution < 1.29 is 33.4 Å². The predicted molar refractivity (Wildman–Crippen MR) is 182 cm³/mol. The van der Waals surface area contributed by atoms with Gasteiger partial charge in [-0.1, -0.05) is 12.1 Å². The first-order chi connectivity index (χ1) is 24.0. The Hall–Kier alpha value is -5.17. The zero-order valence-electron chi connectivity index (χ0n) is 28.0.